The first-order chi connectivity index (χ1) is 17.8. The highest BCUT2D eigenvalue weighted by molar-refractivity contribution is 9.10. The lowest BCUT2D eigenvalue weighted by atomic mass is 9.95. The summed E-state index contributed by atoms with van der Waals surface area (Å²) in [6.07, 6.45) is 1.57. The highest BCUT2D eigenvalue weighted by Gasteiger charge is 2.35. The SMILES string of the molecule is COc1ccc(Br)cc1[C@@H]1C(C(=O)OC(C)C)=C(C)N=c2s/c(=C\c3cccc4ccccc34)c(=O)n21. The van der Waals surface area contributed by atoms with E-state index in [1.807, 2.05) is 66.7 Å². The van der Waals surface area contributed by atoms with Gasteiger partial charge in [0, 0.05) is 10.0 Å². The zero-order valence-corrected chi connectivity index (χ0v) is 23.2. The Balaban J connectivity index is 1.79. The van der Waals surface area contributed by atoms with Crippen molar-refractivity contribution in [1.29, 1.82) is 0 Å². The zero-order valence-electron chi connectivity index (χ0n) is 20.8. The van der Waals surface area contributed by atoms with E-state index in [1.54, 1.807) is 32.4 Å². The summed E-state index contributed by atoms with van der Waals surface area (Å²) < 4.78 is 14.2. The number of carbonyl (C=O) groups excluding carboxylic acids is 1. The number of allylic oxidation sites excluding steroid dienone is 1. The molecule has 37 heavy (non-hydrogen) atoms. The highest BCUT2D eigenvalue weighted by atomic mass is 79.9. The lowest BCUT2D eigenvalue weighted by Gasteiger charge is -2.26. The first kappa shape index (κ1) is 25.2. The van der Waals surface area contributed by atoms with Crippen LogP contribution in [-0.4, -0.2) is 23.8 Å². The maximum Gasteiger partial charge on any atom is 0.338 e. The van der Waals surface area contributed by atoms with Gasteiger partial charge in [0.15, 0.2) is 4.80 Å². The van der Waals surface area contributed by atoms with Crippen LogP contribution in [0.5, 0.6) is 5.75 Å². The molecule has 6 nitrogen and oxygen atoms in total. The summed E-state index contributed by atoms with van der Waals surface area (Å²) in [4.78, 5) is 32.5. The molecule has 0 saturated heterocycles. The Morgan fingerprint density at radius 1 is 1.14 bits per heavy atom. The Kier molecular flexibility index (Phi) is 6.88. The van der Waals surface area contributed by atoms with Crippen molar-refractivity contribution < 1.29 is 14.3 Å². The van der Waals surface area contributed by atoms with E-state index in [4.69, 9.17) is 9.47 Å². The van der Waals surface area contributed by atoms with Crippen LogP contribution < -0.4 is 19.6 Å². The number of methoxy groups -OCH3 is 1. The third kappa shape index (κ3) is 4.67. The van der Waals surface area contributed by atoms with Crippen LogP contribution in [0.3, 0.4) is 0 Å². The number of hydrogen-bond acceptors (Lipinski definition) is 6. The second-order valence-corrected chi connectivity index (χ2v) is 10.9. The van der Waals surface area contributed by atoms with E-state index in [0.29, 0.717) is 31.9 Å². The van der Waals surface area contributed by atoms with E-state index in [9.17, 15) is 9.59 Å². The third-order valence-corrected chi connectivity index (χ3v) is 7.66. The van der Waals surface area contributed by atoms with E-state index in [2.05, 4.69) is 20.9 Å². The number of hydrogen-bond donors (Lipinski definition) is 0. The molecule has 0 radical (unpaired) electrons. The van der Waals surface area contributed by atoms with Crippen LogP contribution in [0.1, 0.15) is 37.9 Å². The number of fused-ring (bicyclic) bond motifs is 2. The molecular weight excluding hydrogens is 552 g/mol. The van der Waals surface area contributed by atoms with Crippen molar-refractivity contribution >= 4 is 50.1 Å². The van der Waals surface area contributed by atoms with Crippen molar-refractivity contribution in [3.63, 3.8) is 0 Å². The van der Waals surface area contributed by atoms with E-state index in [-0.39, 0.29) is 11.7 Å². The molecule has 188 valence electrons. The van der Waals surface area contributed by atoms with Gasteiger partial charge in [0.05, 0.1) is 29.0 Å². The molecule has 1 aliphatic rings. The lowest BCUT2D eigenvalue weighted by molar-refractivity contribution is -0.143. The average molecular weight is 578 g/mol. The Bertz CT molecular complexity index is 1740. The molecule has 0 fully saturated rings. The summed E-state index contributed by atoms with van der Waals surface area (Å²) >= 11 is 4.84. The second kappa shape index (κ2) is 10.1. The number of benzene rings is 3. The quantitative estimate of drug-likeness (QED) is 0.309. The molecule has 0 N–H and O–H groups in total. The predicted molar refractivity (Wildman–Crippen MR) is 150 cm³/mol. The molecule has 0 aliphatic carbocycles. The monoisotopic (exact) mass is 576 g/mol. The molecule has 5 rings (SSSR count). The Labute approximate surface area is 226 Å². The minimum absolute atomic E-state index is 0.231. The number of aromatic nitrogens is 1. The largest absolute Gasteiger partial charge is 0.496 e. The third-order valence-electron chi connectivity index (χ3n) is 6.18. The summed E-state index contributed by atoms with van der Waals surface area (Å²) in [6, 6.07) is 18.9. The van der Waals surface area contributed by atoms with Crippen molar-refractivity contribution in [2.45, 2.75) is 32.9 Å². The van der Waals surface area contributed by atoms with E-state index >= 15 is 0 Å². The number of halogens is 1. The van der Waals surface area contributed by atoms with Crippen molar-refractivity contribution in [1.82, 2.24) is 4.57 Å². The van der Waals surface area contributed by atoms with E-state index in [0.717, 1.165) is 20.8 Å². The first-order valence-corrected chi connectivity index (χ1v) is 13.4. The molecular formula is C29H25BrN2O4S. The number of thiazole rings is 1. The number of carbonyl (C=O) groups is 1. The van der Waals surface area contributed by atoms with Gasteiger partial charge in [0.2, 0.25) is 0 Å². The summed E-state index contributed by atoms with van der Waals surface area (Å²) in [6.45, 7) is 5.36. The fraction of sp³-hybridized carbons (Fsp3) is 0.207. The molecule has 8 heteroatoms. The standard InChI is InChI=1S/C29H25BrN2O4S/c1-16(2)36-28(34)25-17(3)31-29-32(26(25)22-15-20(30)12-13-23(22)35-4)27(33)24(37-29)14-19-10-7-9-18-8-5-6-11-21(18)19/h5-16,26H,1-4H3/b24-14-/t26-/m1/s1. The number of ether oxygens (including phenoxy) is 2. The topological polar surface area (TPSA) is 69.9 Å². The van der Waals surface area contributed by atoms with Gasteiger partial charge in [0.1, 0.15) is 11.8 Å². The average Bonchev–Trinajstić information content (AvgIpc) is 3.17. The maximum absolute atomic E-state index is 14.0. The summed E-state index contributed by atoms with van der Waals surface area (Å²) in [5.74, 6) is 0.0491. The zero-order chi connectivity index (χ0) is 26.3. The molecule has 4 aromatic rings. The van der Waals surface area contributed by atoms with Gasteiger partial charge in [-0.2, -0.15) is 0 Å². The summed E-state index contributed by atoms with van der Waals surface area (Å²) in [5, 5.41) is 2.15. The van der Waals surface area contributed by atoms with Gasteiger partial charge in [0.25, 0.3) is 5.56 Å². The minimum Gasteiger partial charge on any atom is -0.496 e. The van der Waals surface area contributed by atoms with Crippen LogP contribution in [0.15, 0.2) is 86.2 Å². The van der Waals surface area contributed by atoms with E-state index in [1.165, 1.54) is 11.3 Å². The molecule has 1 aliphatic heterocycles. The fourth-order valence-corrected chi connectivity index (χ4v) is 6.01. The fourth-order valence-electron chi connectivity index (χ4n) is 4.59. The molecule has 0 unspecified atom stereocenters. The van der Waals surface area contributed by atoms with Gasteiger partial charge in [-0.05, 0) is 61.4 Å². The number of nitrogens with zero attached hydrogens (tertiary/aromatic N) is 2. The Hall–Kier alpha value is -3.49. The molecule has 0 saturated carbocycles. The van der Waals surface area contributed by atoms with Gasteiger partial charge in [-0.25, -0.2) is 9.79 Å². The van der Waals surface area contributed by atoms with Crippen molar-refractivity contribution in [2.75, 3.05) is 7.11 Å². The highest BCUT2D eigenvalue weighted by Crippen LogP contribution is 2.37. The Morgan fingerprint density at radius 3 is 2.65 bits per heavy atom. The normalized spacial score (nSPS) is 15.6. The summed E-state index contributed by atoms with van der Waals surface area (Å²) in [7, 11) is 1.57. The Morgan fingerprint density at radius 2 is 1.89 bits per heavy atom. The van der Waals surface area contributed by atoms with Crippen LogP contribution in [-0.2, 0) is 9.53 Å². The minimum atomic E-state index is -0.760. The molecule has 2 heterocycles. The van der Waals surface area contributed by atoms with Crippen molar-refractivity contribution in [2.24, 2.45) is 4.99 Å². The number of esters is 1. The molecule has 1 aromatic heterocycles. The van der Waals surface area contributed by atoms with Gasteiger partial charge in [-0.15, -0.1) is 0 Å². The predicted octanol–water partition coefficient (Wildman–Crippen LogP) is 5.11. The summed E-state index contributed by atoms with van der Waals surface area (Å²) in [5.41, 5.74) is 2.20. The van der Waals surface area contributed by atoms with Crippen LogP contribution in [0, 0.1) is 0 Å². The molecule has 1 atom stereocenters. The maximum atomic E-state index is 14.0. The molecule has 0 amide bonds. The van der Waals surface area contributed by atoms with Gasteiger partial charge in [-0.1, -0.05) is 69.7 Å². The molecule has 0 spiro atoms. The number of rotatable bonds is 5. The van der Waals surface area contributed by atoms with Crippen molar-refractivity contribution in [3.05, 3.63) is 107 Å². The first-order valence-electron chi connectivity index (χ1n) is 11.8. The lowest BCUT2D eigenvalue weighted by Crippen LogP contribution is -2.40. The molecule has 3 aromatic carbocycles. The van der Waals surface area contributed by atoms with Crippen LogP contribution in [0.25, 0.3) is 16.8 Å². The van der Waals surface area contributed by atoms with Crippen LogP contribution in [0.4, 0.5) is 0 Å². The van der Waals surface area contributed by atoms with E-state index < -0.39 is 12.0 Å². The van der Waals surface area contributed by atoms with Crippen LogP contribution in [0.2, 0.25) is 0 Å². The van der Waals surface area contributed by atoms with Gasteiger partial charge in [-0.3, -0.25) is 9.36 Å². The second-order valence-electron chi connectivity index (χ2n) is 8.99. The van der Waals surface area contributed by atoms with Gasteiger partial charge >= 0.3 is 5.97 Å². The smallest absolute Gasteiger partial charge is 0.338 e. The van der Waals surface area contributed by atoms with Crippen LogP contribution >= 0.6 is 27.3 Å². The van der Waals surface area contributed by atoms with Gasteiger partial charge < -0.3 is 9.47 Å². The molecule has 0 bridgehead atoms. The van der Waals surface area contributed by atoms with Crippen molar-refractivity contribution in [3.8, 4) is 5.75 Å².